The molecular formula is C9H19N3O4S. The highest BCUT2D eigenvalue weighted by Gasteiger charge is 2.26. The van der Waals surface area contributed by atoms with Crippen LogP contribution in [0.25, 0.3) is 0 Å². The first kappa shape index (κ1) is 14.2. The first-order chi connectivity index (χ1) is 8.06. The molecule has 1 saturated heterocycles. The number of oxime groups is 1. The summed E-state index contributed by atoms with van der Waals surface area (Å²) in [6.45, 7) is 1.29. The Labute approximate surface area is 101 Å². The van der Waals surface area contributed by atoms with E-state index in [1.807, 2.05) is 0 Å². The number of nitrogens with one attached hydrogen (secondary N) is 1. The minimum absolute atomic E-state index is 0.107. The van der Waals surface area contributed by atoms with Crippen LogP contribution in [0.3, 0.4) is 0 Å². The highest BCUT2D eigenvalue weighted by atomic mass is 32.2. The van der Waals surface area contributed by atoms with Gasteiger partial charge in [-0.25, -0.2) is 13.1 Å². The zero-order valence-corrected chi connectivity index (χ0v) is 10.4. The average molecular weight is 265 g/mol. The maximum Gasteiger partial charge on any atom is 0.214 e. The van der Waals surface area contributed by atoms with Gasteiger partial charge in [0, 0.05) is 26.2 Å². The topological polar surface area (TPSA) is 114 Å². The van der Waals surface area contributed by atoms with Gasteiger partial charge in [0.1, 0.15) is 5.84 Å². The van der Waals surface area contributed by atoms with Gasteiger partial charge in [-0.15, -0.1) is 0 Å². The van der Waals surface area contributed by atoms with Gasteiger partial charge >= 0.3 is 0 Å². The SMILES string of the molecule is NC(CCCNS(=O)(=O)C1CCOCC1)=NO. The summed E-state index contributed by atoms with van der Waals surface area (Å²) in [4.78, 5) is 0. The van der Waals surface area contributed by atoms with E-state index in [1.54, 1.807) is 0 Å². The first-order valence-corrected chi connectivity index (χ1v) is 7.13. The van der Waals surface area contributed by atoms with Gasteiger partial charge in [0.2, 0.25) is 10.0 Å². The fourth-order valence-corrected chi connectivity index (χ4v) is 3.12. The molecule has 17 heavy (non-hydrogen) atoms. The van der Waals surface area contributed by atoms with Crippen molar-refractivity contribution in [3.63, 3.8) is 0 Å². The second-order valence-corrected chi connectivity index (χ2v) is 5.99. The van der Waals surface area contributed by atoms with E-state index >= 15 is 0 Å². The number of hydrogen-bond donors (Lipinski definition) is 3. The molecule has 8 heteroatoms. The van der Waals surface area contributed by atoms with Crippen LogP contribution >= 0.6 is 0 Å². The number of rotatable bonds is 6. The lowest BCUT2D eigenvalue weighted by Gasteiger charge is -2.22. The Morgan fingerprint density at radius 2 is 2.12 bits per heavy atom. The van der Waals surface area contributed by atoms with E-state index in [2.05, 4.69) is 9.88 Å². The molecule has 0 unspecified atom stereocenters. The lowest BCUT2D eigenvalue weighted by atomic mass is 10.2. The summed E-state index contributed by atoms with van der Waals surface area (Å²) in [5, 5.41) is 10.8. The lowest BCUT2D eigenvalue weighted by molar-refractivity contribution is 0.0981. The molecule has 1 aliphatic heterocycles. The van der Waals surface area contributed by atoms with Crippen molar-refractivity contribution in [1.29, 1.82) is 0 Å². The molecule has 0 radical (unpaired) electrons. The number of nitrogens with zero attached hydrogens (tertiary/aromatic N) is 1. The Kier molecular flexibility index (Phi) is 5.66. The quantitative estimate of drug-likeness (QED) is 0.199. The normalized spacial score (nSPS) is 19.4. The summed E-state index contributed by atoms with van der Waals surface area (Å²) in [6, 6.07) is 0. The van der Waals surface area contributed by atoms with Gasteiger partial charge in [0.15, 0.2) is 0 Å². The predicted octanol–water partition coefficient (Wildman–Crippen LogP) is -0.389. The highest BCUT2D eigenvalue weighted by molar-refractivity contribution is 7.90. The summed E-state index contributed by atoms with van der Waals surface area (Å²) in [7, 11) is -3.26. The largest absolute Gasteiger partial charge is 0.409 e. The third-order valence-electron chi connectivity index (χ3n) is 2.65. The maximum atomic E-state index is 11.8. The van der Waals surface area contributed by atoms with Gasteiger partial charge in [0.25, 0.3) is 0 Å². The monoisotopic (exact) mass is 265 g/mol. The predicted molar refractivity (Wildman–Crippen MR) is 63.4 cm³/mol. The third kappa shape index (κ3) is 4.88. The van der Waals surface area contributed by atoms with Crippen molar-refractivity contribution in [2.24, 2.45) is 10.9 Å². The summed E-state index contributed by atoms with van der Waals surface area (Å²) in [6.07, 6.45) is 1.95. The van der Waals surface area contributed by atoms with Crippen LogP contribution in [-0.4, -0.2) is 44.5 Å². The molecule has 1 aliphatic rings. The van der Waals surface area contributed by atoms with Crippen LogP contribution in [0.15, 0.2) is 5.16 Å². The van der Waals surface area contributed by atoms with Crippen molar-refractivity contribution in [2.45, 2.75) is 30.9 Å². The van der Waals surface area contributed by atoms with Crippen LogP contribution in [0.5, 0.6) is 0 Å². The van der Waals surface area contributed by atoms with Gasteiger partial charge in [-0.3, -0.25) is 0 Å². The number of nitrogens with two attached hydrogens (primary N) is 1. The molecule has 0 atom stereocenters. The molecule has 0 bridgehead atoms. The summed E-state index contributed by atoms with van der Waals surface area (Å²) < 4.78 is 31.3. The van der Waals surface area contributed by atoms with Crippen molar-refractivity contribution in [1.82, 2.24) is 4.72 Å². The van der Waals surface area contributed by atoms with Crippen LogP contribution in [0, 0.1) is 0 Å². The van der Waals surface area contributed by atoms with E-state index in [0.29, 0.717) is 45.4 Å². The van der Waals surface area contributed by atoms with Crippen LogP contribution in [0.4, 0.5) is 0 Å². The molecule has 0 saturated carbocycles. The van der Waals surface area contributed by atoms with Crippen molar-refractivity contribution in [2.75, 3.05) is 19.8 Å². The first-order valence-electron chi connectivity index (χ1n) is 5.59. The Bertz CT molecular complexity index is 349. The Morgan fingerprint density at radius 1 is 1.47 bits per heavy atom. The molecule has 1 rings (SSSR count). The Balaban J connectivity index is 2.29. The molecule has 100 valence electrons. The van der Waals surface area contributed by atoms with E-state index in [0.717, 1.165) is 0 Å². The summed E-state index contributed by atoms with van der Waals surface area (Å²) in [5.41, 5.74) is 5.27. The van der Waals surface area contributed by atoms with E-state index in [4.69, 9.17) is 15.7 Å². The molecule has 0 aromatic carbocycles. The van der Waals surface area contributed by atoms with Crippen LogP contribution in [0.1, 0.15) is 25.7 Å². The standard InChI is InChI=1S/C9H19N3O4S/c10-9(12-13)2-1-5-11-17(14,15)8-3-6-16-7-4-8/h8,11,13H,1-7H2,(H2,10,12). The summed E-state index contributed by atoms with van der Waals surface area (Å²) >= 11 is 0. The van der Waals surface area contributed by atoms with Gasteiger partial charge < -0.3 is 15.7 Å². The molecule has 0 aromatic rings. The van der Waals surface area contributed by atoms with Crippen LogP contribution < -0.4 is 10.5 Å². The molecule has 0 amide bonds. The molecule has 1 fully saturated rings. The fraction of sp³-hybridized carbons (Fsp3) is 0.889. The van der Waals surface area contributed by atoms with Crippen molar-refractivity contribution >= 4 is 15.9 Å². The van der Waals surface area contributed by atoms with E-state index < -0.39 is 10.0 Å². The molecule has 0 aromatic heterocycles. The average Bonchev–Trinajstić information content (AvgIpc) is 2.35. The van der Waals surface area contributed by atoms with Gasteiger partial charge in [-0.2, -0.15) is 0 Å². The summed E-state index contributed by atoms with van der Waals surface area (Å²) in [5.74, 6) is 0.107. The Hall–Kier alpha value is -0.860. The zero-order chi connectivity index (χ0) is 12.7. The minimum atomic E-state index is -3.26. The van der Waals surface area contributed by atoms with Crippen molar-refractivity contribution in [3.8, 4) is 0 Å². The van der Waals surface area contributed by atoms with Crippen LogP contribution in [-0.2, 0) is 14.8 Å². The van der Waals surface area contributed by atoms with Gasteiger partial charge in [-0.05, 0) is 19.3 Å². The molecule has 0 aliphatic carbocycles. The molecule has 4 N–H and O–H groups in total. The maximum absolute atomic E-state index is 11.8. The van der Waals surface area contributed by atoms with Crippen molar-refractivity contribution < 1.29 is 18.4 Å². The second-order valence-electron chi connectivity index (χ2n) is 3.95. The fourth-order valence-electron chi connectivity index (χ4n) is 1.64. The van der Waals surface area contributed by atoms with Gasteiger partial charge in [0.05, 0.1) is 5.25 Å². The molecule has 0 spiro atoms. The molecule has 7 nitrogen and oxygen atoms in total. The lowest BCUT2D eigenvalue weighted by Crippen LogP contribution is -2.38. The van der Waals surface area contributed by atoms with E-state index in [1.165, 1.54) is 0 Å². The number of amidine groups is 1. The Morgan fingerprint density at radius 3 is 2.71 bits per heavy atom. The smallest absolute Gasteiger partial charge is 0.214 e. The number of sulfonamides is 1. The van der Waals surface area contributed by atoms with Crippen molar-refractivity contribution in [3.05, 3.63) is 0 Å². The number of hydrogen-bond acceptors (Lipinski definition) is 5. The van der Waals surface area contributed by atoms with E-state index in [-0.39, 0.29) is 11.1 Å². The minimum Gasteiger partial charge on any atom is -0.409 e. The zero-order valence-electron chi connectivity index (χ0n) is 9.63. The van der Waals surface area contributed by atoms with Crippen LogP contribution in [0.2, 0.25) is 0 Å². The number of ether oxygens (including phenoxy) is 1. The van der Waals surface area contributed by atoms with Gasteiger partial charge in [-0.1, -0.05) is 5.16 Å². The third-order valence-corrected chi connectivity index (χ3v) is 4.60. The molecule has 1 heterocycles. The highest BCUT2D eigenvalue weighted by Crippen LogP contribution is 2.14. The van der Waals surface area contributed by atoms with E-state index in [9.17, 15) is 8.42 Å². The molecular weight excluding hydrogens is 246 g/mol. The second kappa shape index (κ2) is 6.77.